The number of hydrogen-bond acceptors (Lipinski definition) is 4. The molecule has 0 aromatic carbocycles. The van der Waals surface area contributed by atoms with E-state index in [1.165, 1.54) is 19.3 Å². The summed E-state index contributed by atoms with van der Waals surface area (Å²) < 4.78 is 0. The van der Waals surface area contributed by atoms with Crippen molar-refractivity contribution in [2.24, 2.45) is 11.8 Å². The standard InChI is InChI=1S/C13H18ClN5/c1-7-3-4-9(8(2)5-7)17-12-10-11(16-6-15-10)18-13(14)19-12/h6-9H,3-5H2,1-2H3,(H2,15,16,17,18,19). The van der Waals surface area contributed by atoms with Gasteiger partial charge < -0.3 is 10.3 Å². The molecule has 1 fully saturated rings. The Morgan fingerprint density at radius 3 is 2.95 bits per heavy atom. The molecule has 0 bridgehead atoms. The van der Waals surface area contributed by atoms with E-state index in [-0.39, 0.29) is 5.28 Å². The Morgan fingerprint density at radius 1 is 1.32 bits per heavy atom. The second-order valence-corrected chi connectivity index (χ2v) is 5.93. The number of rotatable bonds is 2. The molecule has 5 nitrogen and oxygen atoms in total. The van der Waals surface area contributed by atoms with Crippen LogP contribution in [0.4, 0.5) is 5.82 Å². The highest BCUT2D eigenvalue weighted by Crippen LogP contribution is 2.31. The molecule has 1 aliphatic rings. The summed E-state index contributed by atoms with van der Waals surface area (Å²) in [7, 11) is 0. The van der Waals surface area contributed by atoms with Crippen LogP contribution in [0.25, 0.3) is 11.2 Å². The number of nitrogens with zero attached hydrogens (tertiary/aromatic N) is 3. The molecule has 2 aromatic heterocycles. The van der Waals surface area contributed by atoms with Gasteiger partial charge in [-0.25, -0.2) is 4.98 Å². The number of aromatic amines is 1. The third-order valence-corrected chi connectivity index (χ3v) is 4.18. The quantitative estimate of drug-likeness (QED) is 0.828. The molecule has 3 rings (SSSR count). The van der Waals surface area contributed by atoms with Gasteiger partial charge in [-0.05, 0) is 42.7 Å². The SMILES string of the molecule is CC1CCC(Nc2nc(Cl)nc3nc[nH]c23)C(C)C1. The van der Waals surface area contributed by atoms with Crippen LogP contribution in [0.15, 0.2) is 6.33 Å². The van der Waals surface area contributed by atoms with Gasteiger partial charge in [0.1, 0.15) is 5.52 Å². The summed E-state index contributed by atoms with van der Waals surface area (Å²) >= 11 is 5.94. The van der Waals surface area contributed by atoms with Crippen molar-refractivity contribution in [2.75, 3.05) is 5.32 Å². The van der Waals surface area contributed by atoms with Crippen LogP contribution in [0.3, 0.4) is 0 Å². The molecule has 0 radical (unpaired) electrons. The van der Waals surface area contributed by atoms with E-state index in [2.05, 4.69) is 39.1 Å². The van der Waals surface area contributed by atoms with E-state index in [0.717, 1.165) is 17.3 Å². The summed E-state index contributed by atoms with van der Waals surface area (Å²) in [5.41, 5.74) is 1.44. The molecular formula is C13H18ClN5. The van der Waals surface area contributed by atoms with Crippen LogP contribution in [0.5, 0.6) is 0 Å². The summed E-state index contributed by atoms with van der Waals surface area (Å²) in [6.07, 6.45) is 5.29. The smallest absolute Gasteiger partial charge is 0.226 e. The molecule has 19 heavy (non-hydrogen) atoms. The Balaban J connectivity index is 1.86. The number of H-pyrrole nitrogens is 1. The van der Waals surface area contributed by atoms with Gasteiger partial charge in [-0.15, -0.1) is 0 Å². The molecular weight excluding hydrogens is 262 g/mol. The van der Waals surface area contributed by atoms with Gasteiger partial charge in [-0.3, -0.25) is 0 Å². The molecule has 0 spiro atoms. The highest BCUT2D eigenvalue weighted by molar-refractivity contribution is 6.28. The monoisotopic (exact) mass is 279 g/mol. The number of aromatic nitrogens is 4. The minimum absolute atomic E-state index is 0.235. The molecule has 102 valence electrons. The molecule has 2 heterocycles. The minimum atomic E-state index is 0.235. The van der Waals surface area contributed by atoms with Gasteiger partial charge in [0.25, 0.3) is 0 Å². The summed E-state index contributed by atoms with van der Waals surface area (Å²) in [5.74, 6) is 2.21. The van der Waals surface area contributed by atoms with Gasteiger partial charge in [-0.2, -0.15) is 9.97 Å². The number of halogens is 1. The van der Waals surface area contributed by atoms with Gasteiger partial charge in [0.15, 0.2) is 11.5 Å². The highest BCUT2D eigenvalue weighted by Gasteiger charge is 2.26. The van der Waals surface area contributed by atoms with Gasteiger partial charge in [-0.1, -0.05) is 13.8 Å². The number of fused-ring (bicyclic) bond motifs is 1. The van der Waals surface area contributed by atoms with E-state index < -0.39 is 0 Å². The van der Waals surface area contributed by atoms with Crippen LogP contribution in [0.1, 0.15) is 33.1 Å². The van der Waals surface area contributed by atoms with Gasteiger partial charge in [0.2, 0.25) is 5.28 Å². The number of hydrogen-bond donors (Lipinski definition) is 2. The molecule has 0 amide bonds. The second-order valence-electron chi connectivity index (χ2n) is 5.59. The molecule has 6 heteroatoms. The van der Waals surface area contributed by atoms with Gasteiger partial charge >= 0.3 is 0 Å². The lowest BCUT2D eigenvalue weighted by atomic mass is 9.80. The second kappa shape index (κ2) is 4.96. The first-order valence-electron chi connectivity index (χ1n) is 6.76. The van der Waals surface area contributed by atoms with Crippen molar-refractivity contribution < 1.29 is 0 Å². The van der Waals surface area contributed by atoms with Crippen molar-refractivity contribution in [3.05, 3.63) is 11.6 Å². The fourth-order valence-corrected chi connectivity index (χ4v) is 3.13. The fourth-order valence-electron chi connectivity index (χ4n) is 2.97. The van der Waals surface area contributed by atoms with E-state index in [1.54, 1.807) is 6.33 Å². The van der Waals surface area contributed by atoms with Crippen LogP contribution >= 0.6 is 11.6 Å². The average Bonchev–Trinajstić information content (AvgIpc) is 2.80. The van der Waals surface area contributed by atoms with E-state index >= 15 is 0 Å². The predicted octanol–water partition coefficient (Wildman–Crippen LogP) is 3.24. The Labute approximate surface area is 117 Å². The van der Waals surface area contributed by atoms with Crippen LogP contribution < -0.4 is 5.32 Å². The first kappa shape index (κ1) is 12.7. The van der Waals surface area contributed by atoms with E-state index in [1.807, 2.05) is 0 Å². The lowest BCUT2D eigenvalue weighted by Crippen LogP contribution is -2.33. The summed E-state index contributed by atoms with van der Waals surface area (Å²) in [4.78, 5) is 15.6. The fraction of sp³-hybridized carbons (Fsp3) is 0.615. The van der Waals surface area contributed by atoms with Gasteiger partial charge in [0, 0.05) is 6.04 Å². The Hall–Kier alpha value is -1.36. The molecule has 3 unspecified atom stereocenters. The Morgan fingerprint density at radius 2 is 2.16 bits per heavy atom. The molecule has 0 saturated heterocycles. The molecule has 1 aliphatic carbocycles. The van der Waals surface area contributed by atoms with Crippen LogP contribution in [-0.2, 0) is 0 Å². The average molecular weight is 280 g/mol. The molecule has 0 aliphatic heterocycles. The van der Waals surface area contributed by atoms with E-state index in [9.17, 15) is 0 Å². The number of nitrogens with one attached hydrogen (secondary N) is 2. The normalized spacial score (nSPS) is 27.6. The molecule has 3 atom stereocenters. The predicted molar refractivity (Wildman–Crippen MR) is 76.3 cm³/mol. The maximum atomic E-state index is 5.94. The van der Waals surface area contributed by atoms with E-state index in [0.29, 0.717) is 17.6 Å². The molecule has 1 saturated carbocycles. The number of anilines is 1. The first-order chi connectivity index (χ1) is 9.13. The maximum Gasteiger partial charge on any atom is 0.226 e. The zero-order valence-corrected chi connectivity index (χ0v) is 11.9. The topological polar surface area (TPSA) is 66.5 Å². The van der Waals surface area contributed by atoms with Crippen molar-refractivity contribution >= 4 is 28.6 Å². The third kappa shape index (κ3) is 2.52. The van der Waals surface area contributed by atoms with Gasteiger partial charge in [0.05, 0.1) is 6.33 Å². The minimum Gasteiger partial charge on any atom is -0.365 e. The lowest BCUT2D eigenvalue weighted by molar-refractivity contribution is 0.276. The summed E-state index contributed by atoms with van der Waals surface area (Å²) in [6.45, 7) is 4.61. The van der Waals surface area contributed by atoms with Crippen molar-refractivity contribution in [3.63, 3.8) is 0 Å². The summed E-state index contributed by atoms with van der Waals surface area (Å²) in [6, 6.07) is 0.439. The molecule has 2 aromatic rings. The Bertz CT molecular complexity index is 581. The summed E-state index contributed by atoms with van der Waals surface area (Å²) in [5, 5.41) is 3.75. The lowest BCUT2D eigenvalue weighted by Gasteiger charge is -2.33. The van der Waals surface area contributed by atoms with E-state index in [4.69, 9.17) is 11.6 Å². The zero-order chi connectivity index (χ0) is 13.4. The molecule has 2 N–H and O–H groups in total. The van der Waals surface area contributed by atoms with Crippen molar-refractivity contribution in [1.29, 1.82) is 0 Å². The first-order valence-corrected chi connectivity index (χ1v) is 7.14. The van der Waals surface area contributed by atoms with Crippen LogP contribution in [0.2, 0.25) is 5.28 Å². The van der Waals surface area contributed by atoms with Crippen molar-refractivity contribution in [3.8, 4) is 0 Å². The van der Waals surface area contributed by atoms with Crippen LogP contribution in [0, 0.1) is 11.8 Å². The Kier molecular flexibility index (Phi) is 3.31. The van der Waals surface area contributed by atoms with Crippen LogP contribution in [-0.4, -0.2) is 26.0 Å². The third-order valence-electron chi connectivity index (χ3n) is 4.01. The largest absolute Gasteiger partial charge is 0.365 e. The maximum absolute atomic E-state index is 5.94. The van der Waals surface area contributed by atoms with Crippen molar-refractivity contribution in [1.82, 2.24) is 19.9 Å². The zero-order valence-electron chi connectivity index (χ0n) is 11.2. The number of imidazole rings is 1. The highest BCUT2D eigenvalue weighted by atomic mass is 35.5. The van der Waals surface area contributed by atoms with Crippen molar-refractivity contribution in [2.45, 2.75) is 39.2 Å².